The number of aromatic nitrogens is 1. The molecule has 20 heavy (non-hydrogen) atoms. The van der Waals surface area contributed by atoms with E-state index >= 15 is 0 Å². The van der Waals surface area contributed by atoms with Gasteiger partial charge in [0.25, 0.3) is 10.0 Å². The number of sulfonamides is 1. The van der Waals surface area contributed by atoms with Gasteiger partial charge in [0.1, 0.15) is 0 Å². The zero-order chi connectivity index (χ0) is 14.9. The Morgan fingerprint density at radius 2 is 1.95 bits per heavy atom. The van der Waals surface area contributed by atoms with Gasteiger partial charge >= 0.3 is 0 Å². The first-order chi connectivity index (χ1) is 9.31. The second kappa shape index (κ2) is 5.71. The van der Waals surface area contributed by atoms with Crippen LogP contribution < -0.4 is 10.5 Å². The molecule has 0 fully saturated rings. The average Bonchev–Trinajstić information content (AvgIpc) is 2.36. The molecule has 0 unspecified atom stereocenters. The standard InChI is InChI=1S/C12H11Br2N3O2S/c1-7-4-8(13)10(15)5-12(7)20(18,19)17-11-2-3-16-6-9(11)14/h2-6H,15H2,1H3,(H,16,17). The van der Waals surface area contributed by atoms with Crippen LogP contribution in [-0.2, 0) is 10.0 Å². The SMILES string of the molecule is Cc1cc(Br)c(N)cc1S(=O)(=O)Nc1ccncc1Br. The molecule has 0 saturated heterocycles. The first-order valence-electron chi connectivity index (χ1n) is 5.49. The number of benzene rings is 1. The minimum atomic E-state index is -3.71. The highest BCUT2D eigenvalue weighted by atomic mass is 79.9. The molecule has 1 heterocycles. The van der Waals surface area contributed by atoms with Gasteiger partial charge in [0, 0.05) is 22.6 Å². The van der Waals surface area contributed by atoms with Crippen LogP contribution in [-0.4, -0.2) is 13.4 Å². The number of hydrogen-bond donors (Lipinski definition) is 2. The summed E-state index contributed by atoms with van der Waals surface area (Å²) in [5, 5.41) is 0. The van der Waals surface area contributed by atoms with Crippen LogP contribution in [0.5, 0.6) is 0 Å². The molecule has 1 aromatic carbocycles. The van der Waals surface area contributed by atoms with Crippen molar-refractivity contribution < 1.29 is 8.42 Å². The van der Waals surface area contributed by atoms with Gasteiger partial charge in [-0.15, -0.1) is 0 Å². The van der Waals surface area contributed by atoms with Crippen LogP contribution in [0, 0.1) is 6.92 Å². The molecule has 0 atom stereocenters. The second-order valence-electron chi connectivity index (χ2n) is 4.10. The van der Waals surface area contributed by atoms with Crippen molar-refractivity contribution in [3.05, 3.63) is 45.1 Å². The van der Waals surface area contributed by atoms with Gasteiger partial charge in [-0.1, -0.05) is 0 Å². The van der Waals surface area contributed by atoms with E-state index in [4.69, 9.17) is 5.73 Å². The Morgan fingerprint density at radius 3 is 2.60 bits per heavy atom. The maximum absolute atomic E-state index is 12.4. The molecule has 8 heteroatoms. The number of rotatable bonds is 3. The molecular weight excluding hydrogens is 410 g/mol. The number of nitrogens with zero attached hydrogens (tertiary/aromatic N) is 1. The van der Waals surface area contributed by atoms with Crippen molar-refractivity contribution in [2.45, 2.75) is 11.8 Å². The van der Waals surface area contributed by atoms with Crippen molar-refractivity contribution in [2.24, 2.45) is 0 Å². The van der Waals surface area contributed by atoms with E-state index in [1.165, 1.54) is 18.5 Å². The molecule has 0 radical (unpaired) electrons. The fraction of sp³-hybridized carbons (Fsp3) is 0.0833. The maximum atomic E-state index is 12.4. The third kappa shape index (κ3) is 3.13. The Bertz CT molecular complexity index is 763. The van der Waals surface area contributed by atoms with E-state index in [9.17, 15) is 8.42 Å². The van der Waals surface area contributed by atoms with Crippen LogP contribution >= 0.6 is 31.9 Å². The lowest BCUT2D eigenvalue weighted by Crippen LogP contribution is -2.15. The average molecular weight is 421 g/mol. The fourth-order valence-electron chi connectivity index (χ4n) is 1.62. The summed E-state index contributed by atoms with van der Waals surface area (Å²) < 4.78 is 28.6. The molecule has 0 spiro atoms. The summed E-state index contributed by atoms with van der Waals surface area (Å²) in [4.78, 5) is 4.02. The maximum Gasteiger partial charge on any atom is 0.262 e. The number of pyridine rings is 1. The predicted octanol–water partition coefficient (Wildman–Crippen LogP) is 3.30. The van der Waals surface area contributed by atoms with Crippen molar-refractivity contribution in [2.75, 3.05) is 10.5 Å². The Morgan fingerprint density at radius 1 is 1.25 bits per heavy atom. The minimum Gasteiger partial charge on any atom is -0.398 e. The van der Waals surface area contributed by atoms with Crippen molar-refractivity contribution in [3.8, 4) is 0 Å². The van der Waals surface area contributed by atoms with Gasteiger partial charge in [0.15, 0.2) is 0 Å². The summed E-state index contributed by atoms with van der Waals surface area (Å²) in [6.07, 6.45) is 3.02. The van der Waals surface area contributed by atoms with E-state index in [0.29, 0.717) is 25.9 Å². The van der Waals surface area contributed by atoms with Crippen molar-refractivity contribution in [1.29, 1.82) is 0 Å². The van der Waals surface area contributed by atoms with E-state index in [0.717, 1.165) is 0 Å². The Labute approximate surface area is 133 Å². The zero-order valence-electron chi connectivity index (χ0n) is 10.4. The molecule has 0 aliphatic heterocycles. The van der Waals surface area contributed by atoms with Gasteiger partial charge in [-0.3, -0.25) is 9.71 Å². The second-order valence-corrected chi connectivity index (χ2v) is 7.46. The molecule has 106 valence electrons. The normalized spacial score (nSPS) is 11.3. The van der Waals surface area contributed by atoms with Crippen LogP contribution in [0.4, 0.5) is 11.4 Å². The molecular formula is C12H11Br2N3O2S. The number of anilines is 2. The van der Waals surface area contributed by atoms with Crippen LogP contribution in [0.1, 0.15) is 5.56 Å². The molecule has 1 aromatic heterocycles. The van der Waals surface area contributed by atoms with E-state index in [2.05, 4.69) is 41.6 Å². The summed E-state index contributed by atoms with van der Waals surface area (Å²) in [5.74, 6) is 0. The van der Waals surface area contributed by atoms with Gasteiger partial charge in [-0.05, 0) is 62.5 Å². The first-order valence-corrected chi connectivity index (χ1v) is 8.56. The highest BCUT2D eigenvalue weighted by molar-refractivity contribution is 9.11. The zero-order valence-corrected chi connectivity index (χ0v) is 14.4. The first kappa shape index (κ1) is 15.3. The quantitative estimate of drug-likeness (QED) is 0.746. The van der Waals surface area contributed by atoms with E-state index in [1.807, 2.05) is 0 Å². The molecule has 0 bridgehead atoms. The van der Waals surface area contributed by atoms with E-state index < -0.39 is 10.0 Å². The number of nitrogens with one attached hydrogen (secondary N) is 1. The number of halogens is 2. The molecule has 0 saturated carbocycles. The highest BCUT2D eigenvalue weighted by Gasteiger charge is 2.19. The Balaban J connectivity index is 2.47. The predicted molar refractivity (Wildman–Crippen MR) is 86.0 cm³/mol. The van der Waals surface area contributed by atoms with Gasteiger partial charge < -0.3 is 5.73 Å². The number of nitrogen functional groups attached to an aromatic ring is 1. The summed E-state index contributed by atoms with van der Waals surface area (Å²) in [7, 11) is -3.71. The molecule has 0 aliphatic rings. The van der Waals surface area contributed by atoms with Gasteiger partial charge in [0.2, 0.25) is 0 Å². The molecule has 5 nitrogen and oxygen atoms in total. The molecule has 0 amide bonds. The molecule has 0 aliphatic carbocycles. The van der Waals surface area contributed by atoms with Gasteiger partial charge in [0.05, 0.1) is 15.1 Å². The van der Waals surface area contributed by atoms with E-state index in [1.54, 1.807) is 19.1 Å². The highest BCUT2D eigenvalue weighted by Crippen LogP contribution is 2.29. The lowest BCUT2D eigenvalue weighted by atomic mass is 10.2. The van der Waals surface area contributed by atoms with Crippen LogP contribution in [0.25, 0.3) is 0 Å². The van der Waals surface area contributed by atoms with Crippen LogP contribution in [0.15, 0.2) is 44.4 Å². The van der Waals surface area contributed by atoms with Crippen molar-refractivity contribution in [3.63, 3.8) is 0 Å². The third-order valence-corrected chi connectivity index (χ3v) is 5.43. The van der Waals surface area contributed by atoms with Gasteiger partial charge in [-0.2, -0.15) is 0 Å². The largest absolute Gasteiger partial charge is 0.398 e. The summed E-state index contributed by atoms with van der Waals surface area (Å²) in [6, 6.07) is 4.67. The third-order valence-electron chi connectivity index (χ3n) is 2.60. The van der Waals surface area contributed by atoms with E-state index in [-0.39, 0.29) is 4.90 Å². The summed E-state index contributed by atoms with van der Waals surface area (Å²) in [6.45, 7) is 1.71. The number of nitrogens with two attached hydrogens (primary N) is 1. The van der Waals surface area contributed by atoms with Crippen molar-refractivity contribution in [1.82, 2.24) is 4.98 Å². The molecule has 3 N–H and O–H groups in total. The molecule has 2 rings (SSSR count). The van der Waals surface area contributed by atoms with Crippen LogP contribution in [0.2, 0.25) is 0 Å². The lowest BCUT2D eigenvalue weighted by molar-refractivity contribution is 0.600. The fourth-order valence-corrected chi connectivity index (χ4v) is 3.90. The Kier molecular flexibility index (Phi) is 4.36. The Hall–Kier alpha value is -1.12. The monoisotopic (exact) mass is 419 g/mol. The molecule has 2 aromatic rings. The number of aryl methyl sites for hydroxylation is 1. The van der Waals surface area contributed by atoms with Crippen molar-refractivity contribution >= 4 is 53.3 Å². The number of hydrogen-bond acceptors (Lipinski definition) is 4. The summed E-state index contributed by atoms with van der Waals surface area (Å²) in [5.41, 5.74) is 7.13. The lowest BCUT2D eigenvalue weighted by Gasteiger charge is -2.12. The van der Waals surface area contributed by atoms with Crippen LogP contribution in [0.3, 0.4) is 0 Å². The summed E-state index contributed by atoms with van der Waals surface area (Å²) >= 11 is 6.51. The minimum absolute atomic E-state index is 0.141. The smallest absolute Gasteiger partial charge is 0.262 e. The topological polar surface area (TPSA) is 85.1 Å². The van der Waals surface area contributed by atoms with Gasteiger partial charge in [-0.25, -0.2) is 8.42 Å².